The Labute approximate surface area is 784 Å². The molecule has 3 fully saturated rings. The number of carbonyl (C=O) groups excluding carboxylic acids is 5. The van der Waals surface area contributed by atoms with Crippen LogP contribution in [0.5, 0.6) is 0 Å². The Morgan fingerprint density at radius 3 is 1.28 bits per heavy atom. The van der Waals surface area contributed by atoms with Gasteiger partial charge in [-0.3, -0.25) is 24.0 Å². The van der Waals surface area contributed by atoms with Crippen molar-refractivity contribution in [3.63, 3.8) is 0 Å². The fourth-order valence-corrected chi connectivity index (χ4v) is 15.5. The maximum Gasteiger partial charge on any atom is 0.258 e. The van der Waals surface area contributed by atoms with E-state index < -0.39 is 11.6 Å². The van der Waals surface area contributed by atoms with Gasteiger partial charge in [0.25, 0.3) is 23.6 Å². The Hall–Kier alpha value is -15.0. The van der Waals surface area contributed by atoms with Crippen LogP contribution in [0.1, 0.15) is 163 Å². The summed E-state index contributed by atoms with van der Waals surface area (Å²) in [6.07, 6.45) is 10.9. The summed E-state index contributed by atoms with van der Waals surface area (Å²) in [5, 5.41) is 25.3. The highest BCUT2D eigenvalue weighted by Gasteiger charge is 2.32. The second-order valence-electron chi connectivity index (χ2n) is 33.4. The zero-order chi connectivity index (χ0) is 94.0. The molecule has 9 aromatic carbocycles. The van der Waals surface area contributed by atoms with Gasteiger partial charge < -0.3 is 44.9 Å². The molecule has 16 rings (SSSR count). The van der Waals surface area contributed by atoms with E-state index in [1.54, 1.807) is 124 Å². The van der Waals surface area contributed by atoms with Crippen LogP contribution in [0, 0.1) is 54.1 Å². The van der Waals surface area contributed by atoms with Crippen molar-refractivity contribution in [3.8, 4) is 57.2 Å². The van der Waals surface area contributed by atoms with Gasteiger partial charge in [0.05, 0.1) is 68.3 Å². The van der Waals surface area contributed by atoms with E-state index >= 15 is 0 Å². The maximum absolute atomic E-state index is 14.8. The molecule has 6 heterocycles. The lowest BCUT2D eigenvalue weighted by Gasteiger charge is -2.34. The average Bonchev–Trinajstić information content (AvgIpc) is 1.80. The number of hydrogen-bond donors (Lipinski definition) is 2. The van der Waals surface area contributed by atoms with E-state index in [-0.39, 0.29) is 67.2 Å². The van der Waals surface area contributed by atoms with E-state index in [4.69, 9.17) is 26.8 Å². The monoisotopic (exact) mass is 1800 g/mol. The lowest BCUT2D eigenvalue weighted by molar-refractivity contribution is -0.129. The smallest absolute Gasteiger partial charge is 0.258 e. The van der Waals surface area contributed by atoms with Crippen LogP contribution in [-0.4, -0.2) is 165 Å². The molecule has 3 aliphatic rings. The number of aromatic nitrogens is 8. The first-order valence-electron chi connectivity index (χ1n) is 44.8. The number of halogens is 3. The number of anilines is 5. The zero-order valence-corrected chi connectivity index (χ0v) is 77.0. The van der Waals surface area contributed by atoms with Gasteiger partial charge in [0.1, 0.15) is 11.6 Å². The molecule has 2 saturated heterocycles. The normalized spacial score (nSPS) is 12.6. The zero-order valence-electron chi connectivity index (χ0n) is 76.3. The van der Waals surface area contributed by atoms with Crippen LogP contribution >= 0.6 is 11.6 Å². The standard InChI is InChI=1S/C28H30N6O2.C27H24ClFN4O.C26H27N5O.C25H27FN4O.2H2/c1-4-32(19-23-7-5-6-20(2)16-23)27(36)25-18-30-28(34-14-12-33(13-15-34)21(3)35)31-26(25)24-10-8-22(17-29)9-11-24;1-18(2)33(17-19-8-4-3-5-9-19)26(34)23-16-30-27(31-21-14-12-20(28)13-15-21)32-25(23)22-10-6-7-11-24(22)29;1-19(2)31(18-21-8-4-3-5-9-21)25(32)23-17-28-26(30-14-6-7-15-30)29-24(23)22-12-10-20(16-27)11-13-22;1-3-30(16-19-8-6-7-17(2)13-19)24(31)21-15-28-25(27-14-18-11-12-18)29-23(21)20-9-4-5-10-22(20)26;;/h5-11,16,18H,4,12-15,19H2,1-3H3;3-16,18H,17H2,1-2H3,(H,30,31,32);3-5,8-13,17,19H,6-7,14-15,18H2,1-2H3;4-10,13,15,18H,3,11-12,14,16H2,1-2H3,(H,27,28,29);2*1H. The van der Waals surface area contributed by atoms with Gasteiger partial charge in [-0.1, -0.05) is 180 Å². The quantitative estimate of drug-likeness (QED) is 0.0484. The number of nitrogens with zero attached hydrogens (tertiary/aromatic N) is 17. The summed E-state index contributed by atoms with van der Waals surface area (Å²) in [5.41, 5.74) is 13.5. The molecule has 0 unspecified atom stereocenters. The van der Waals surface area contributed by atoms with Crippen LogP contribution in [-0.2, 0) is 31.0 Å². The number of carbonyl (C=O) groups is 5. The Morgan fingerprint density at radius 2 is 0.857 bits per heavy atom. The second kappa shape index (κ2) is 46.0. The Bertz CT molecular complexity index is 6300. The second-order valence-corrected chi connectivity index (χ2v) is 33.8. The summed E-state index contributed by atoms with van der Waals surface area (Å²) in [5.74, 6) is 0.938. The summed E-state index contributed by atoms with van der Waals surface area (Å²) in [6.45, 7) is 25.5. The summed E-state index contributed by atoms with van der Waals surface area (Å²) in [7, 11) is 0. The van der Waals surface area contributed by atoms with Crippen LogP contribution in [0.15, 0.2) is 255 Å². The molecule has 682 valence electrons. The first-order valence-corrected chi connectivity index (χ1v) is 45.2. The fraction of sp³-hybridized carbons (Fsp3) is 0.274. The molecule has 0 atom stereocenters. The molecule has 0 bridgehead atoms. The minimum Gasteiger partial charge on any atom is -0.354 e. The summed E-state index contributed by atoms with van der Waals surface area (Å²) < 4.78 is 29.5. The van der Waals surface area contributed by atoms with Gasteiger partial charge in [0.2, 0.25) is 29.7 Å². The predicted octanol–water partition coefficient (Wildman–Crippen LogP) is 20.6. The van der Waals surface area contributed by atoms with Crippen molar-refractivity contribution in [2.45, 2.75) is 126 Å². The molecule has 0 spiro atoms. The van der Waals surface area contributed by atoms with Crippen LogP contribution in [0.25, 0.3) is 45.0 Å². The Kier molecular flexibility index (Phi) is 33.0. The molecule has 4 aromatic heterocycles. The minimum atomic E-state index is -0.466. The topological polar surface area (TPSA) is 283 Å². The number of amides is 5. The van der Waals surface area contributed by atoms with Crippen molar-refractivity contribution >= 4 is 70.6 Å². The largest absolute Gasteiger partial charge is 0.354 e. The highest BCUT2D eigenvalue weighted by Crippen LogP contribution is 2.35. The third-order valence-electron chi connectivity index (χ3n) is 23.0. The van der Waals surface area contributed by atoms with Crippen molar-refractivity contribution in [1.82, 2.24) is 64.4 Å². The van der Waals surface area contributed by atoms with Crippen molar-refractivity contribution in [2.75, 3.05) is 79.3 Å². The molecule has 1 saturated carbocycles. The van der Waals surface area contributed by atoms with Crippen LogP contribution < -0.4 is 20.4 Å². The molecular weight excluding hydrogens is 1690 g/mol. The van der Waals surface area contributed by atoms with E-state index in [2.05, 4.69) is 69.7 Å². The van der Waals surface area contributed by atoms with Gasteiger partial charge in [0.15, 0.2) is 0 Å². The van der Waals surface area contributed by atoms with Gasteiger partial charge in [-0.25, -0.2) is 48.7 Å². The number of benzene rings is 9. The molecule has 27 heteroatoms. The molecule has 1 aliphatic carbocycles. The van der Waals surface area contributed by atoms with E-state index in [1.807, 2.05) is 187 Å². The first kappa shape index (κ1) is 95.6. The number of nitrogens with one attached hydrogen (secondary N) is 2. The molecule has 2 aliphatic heterocycles. The number of aryl methyl sites for hydroxylation is 2. The molecule has 13 aromatic rings. The molecule has 2 N–H and O–H groups in total. The number of rotatable bonds is 27. The third kappa shape index (κ3) is 25.6. The maximum atomic E-state index is 14.8. The van der Waals surface area contributed by atoms with Crippen LogP contribution in [0.3, 0.4) is 0 Å². The highest BCUT2D eigenvalue weighted by atomic mass is 35.5. The van der Waals surface area contributed by atoms with Crippen molar-refractivity contribution < 1.29 is 35.6 Å². The summed E-state index contributed by atoms with van der Waals surface area (Å²) in [4.78, 5) is 116. The third-order valence-corrected chi connectivity index (χ3v) is 23.3. The molecule has 24 nitrogen and oxygen atoms in total. The Morgan fingerprint density at radius 1 is 0.459 bits per heavy atom. The van der Waals surface area contributed by atoms with Crippen molar-refractivity contribution in [3.05, 3.63) is 339 Å². The minimum absolute atomic E-state index is 0. The van der Waals surface area contributed by atoms with Gasteiger partial charge in [-0.05, 0) is 182 Å². The van der Waals surface area contributed by atoms with Crippen molar-refractivity contribution in [1.29, 1.82) is 10.5 Å². The molecular formula is C106H112ClF2N19O5. The molecule has 133 heavy (non-hydrogen) atoms. The molecule has 0 radical (unpaired) electrons. The lowest BCUT2D eigenvalue weighted by atomic mass is 10.0. The fourth-order valence-electron chi connectivity index (χ4n) is 15.4. The van der Waals surface area contributed by atoms with Gasteiger partial charge in [-0.15, -0.1) is 0 Å². The highest BCUT2D eigenvalue weighted by molar-refractivity contribution is 6.30. The number of piperazine rings is 1. The van der Waals surface area contributed by atoms with Crippen molar-refractivity contribution in [2.24, 2.45) is 5.92 Å². The average molecular weight is 1810 g/mol. The van der Waals surface area contributed by atoms with Crippen LogP contribution in [0.2, 0.25) is 5.02 Å². The van der Waals surface area contributed by atoms with E-state index in [0.29, 0.717) is 145 Å². The lowest BCUT2D eigenvalue weighted by Crippen LogP contribution is -2.48. The van der Waals surface area contributed by atoms with E-state index in [0.717, 1.165) is 82.7 Å². The first-order chi connectivity index (χ1) is 64.4. The summed E-state index contributed by atoms with van der Waals surface area (Å²) in [6, 6.07) is 74.1. The van der Waals surface area contributed by atoms with Gasteiger partial charge in [0, 0.05) is 165 Å². The SMILES string of the molecule is CC(C)N(Cc1ccccc1)C(=O)c1cnc(N2CCCC2)nc1-c1ccc(C#N)cc1.CC(C)N(Cc1ccccc1)C(=O)c1cnc(Nc2ccc(Cl)cc2)nc1-c1ccccc1F.CCN(Cc1cccc(C)c1)C(=O)c1cnc(N2CCN(C(C)=O)CC2)nc1-c1ccc(C#N)cc1.CCN(Cc1cccc(C)c1)C(=O)c1cnc(NCC2CC2)nc1-c1ccccc1F.[HH].[HH]. The molecule has 5 amide bonds. The number of nitriles is 2. The van der Waals surface area contributed by atoms with E-state index in [1.165, 1.54) is 37.4 Å². The van der Waals surface area contributed by atoms with Crippen LogP contribution in [0.4, 0.5) is 38.3 Å². The summed E-state index contributed by atoms with van der Waals surface area (Å²) >= 11 is 5.96. The number of hydrogen-bond acceptors (Lipinski definition) is 19. The van der Waals surface area contributed by atoms with Gasteiger partial charge >= 0.3 is 0 Å². The Balaban J connectivity index is 0.000000172. The van der Waals surface area contributed by atoms with Gasteiger partial charge in [-0.2, -0.15) is 10.5 Å². The predicted molar refractivity (Wildman–Crippen MR) is 521 cm³/mol. The van der Waals surface area contributed by atoms with E-state index in [9.17, 15) is 38.0 Å².